The average molecular weight is 158 g/mol. The van der Waals surface area contributed by atoms with E-state index in [4.69, 9.17) is 5.11 Å². The Morgan fingerprint density at radius 1 is 1.45 bits per heavy atom. The van der Waals surface area contributed by atoms with Gasteiger partial charge in [-0.1, -0.05) is 27.7 Å². The van der Waals surface area contributed by atoms with Crippen molar-refractivity contribution in [2.24, 2.45) is 11.3 Å². The second-order valence-corrected chi connectivity index (χ2v) is 4.12. The first-order valence-electron chi connectivity index (χ1n) is 4.02. The largest absolute Gasteiger partial charge is 0.396 e. The predicted molar refractivity (Wildman–Crippen MR) is 45.3 cm³/mol. The maximum absolute atomic E-state index is 11.2. The molecule has 0 rings (SSSR count). The zero-order valence-corrected chi connectivity index (χ0v) is 7.85. The molecule has 1 N–H and O–H groups in total. The quantitative estimate of drug-likeness (QED) is 0.675. The fraction of sp³-hybridized carbons (Fsp3) is 0.889. The summed E-state index contributed by atoms with van der Waals surface area (Å²) in [7, 11) is 0. The number of rotatable bonds is 4. The lowest BCUT2D eigenvalue weighted by atomic mass is 9.85. The van der Waals surface area contributed by atoms with Crippen LogP contribution in [-0.4, -0.2) is 17.5 Å². The molecule has 0 radical (unpaired) electrons. The molecule has 2 heteroatoms. The van der Waals surface area contributed by atoms with E-state index in [0.29, 0.717) is 6.42 Å². The van der Waals surface area contributed by atoms with Gasteiger partial charge in [0.2, 0.25) is 0 Å². The summed E-state index contributed by atoms with van der Waals surface area (Å²) in [5.74, 6) is 0.310. The number of Topliss-reactive ketones (excluding diaryl/α,β-unsaturated/α-hetero) is 1. The van der Waals surface area contributed by atoms with Crippen molar-refractivity contribution >= 4 is 5.78 Å². The average Bonchev–Trinajstić information content (AvgIpc) is 1.87. The van der Waals surface area contributed by atoms with E-state index in [1.54, 1.807) is 0 Å². The first-order valence-corrected chi connectivity index (χ1v) is 4.02. The highest BCUT2D eigenvalue weighted by Gasteiger charge is 2.22. The smallest absolute Gasteiger partial charge is 0.136 e. The summed E-state index contributed by atoms with van der Waals surface area (Å²) in [6.07, 6.45) is 0.473. The van der Waals surface area contributed by atoms with Crippen molar-refractivity contribution in [2.75, 3.05) is 6.61 Å². The highest BCUT2D eigenvalue weighted by atomic mass is 16.3. The van der Waals surface area contributed by atoms with Gasteiger partial charge < -0.3 is 5.11 Å². The van der Waals surface area contributed by atoms with Gasteiger partial charge in [-0.05, 0) is 5.41 Å². The summed E-state index contributed by atoms with van der Waals surface area (Å²) in [6, 6.07) is 0. The van der Waals surface area contributed by atoms with Crippen molar-refractivity contribution in [3.05, 3.63) is 0 Å². The summed E-state index contributed by atoms with van der Waals surface area (Å²) in [6.45, 7) is 7.64. The molecule has 0 aromatic heterocycles. The molecule has 0 heterocycles. The third-order valence-corrected chi connectivity index (χ3v) is 1.72. The molecular weight excluding hydrogens is 140 g/mol. The minimum absolute atomic E-state index is 0.0749. The summed E-state index contributed by atoms with van der Waals surface area (Å²) in [5.41, 5.74) is -0.249. The van der Waals surface area contributed by atoms with Crippen LogP contribution in [0.1, 0.15) is 34.1 Å². The summed E-state index contributed by atoms with van der Waals surface area (Å²) < 4.78 is 0. The van der Waals surface area contributed by atoms with E-state index in [9.17, 15) is 4.79 Å². The third-order valence-electron chi connectivity index (χ3n) is 1.72. The van der Waals surface area contributed by atoms with Gasteiger partial charge in [0, 0.05) is 18.9 Å². The molecule has 66 valence electrons. The van der Waals surface area contributed by atoms with Crippen LogP contribution in [0.4, 0.5) is 0 Å². The Balaban J connectivity index is 3.94. The van der Waals surface area contributed by atoms with Gasteiger partial charge in [-0.3, -0.25) is 4.79 Å². The van der Waals surface area contributed by atoms with Crippen LogP contribution in [0.3, 0.4) is 0 Å². The molecule has 11 heavy (non-hydrogen) atoms. The zero-order valence-electron chi connectivity index (χ0n) is 7.85. The van der Waals surface area contributed by atoms with E-state index in [2.05, 4.69) is 0 Å². The van der Waals surface area contributed by atoms with Gasteiger partial charge in [-0.15, -0.1) is 0 Å². The minimum Gasteiger partial charge on any atom is -0.396 e. The maximum Gasteiger partial charge on any atom is 0.136 e. The molecule has 0 saturated heterocycles. The van der Waals surface area contributed by atoms with Crippen LogP contribution in [0.15, 0.2) is 0 Å². The fourth-order valence-corrected chi connectivity index (χ4v) is 0.732. The molecule has 0 aromatic carbocycles. The maximum atomic E-state index is 11.2. The predicted octanol–water partition coefficient (Wildman–Crippen LogP) is 1.62. The van der Waals surface area contributed by atoms with Crippen LogP contribution in [0.5, 0.6) is 0 Å². The van der Waals surface area contributed by atoms with Crippen LogP contribution >= 0.6 is 0 Å². The van der Waals surface area contributed by atoms with Crippen LogP contribution in [0, 0.1) is 11.3 Å². The summed E-state index contributed by atoms with van der Waals surface area (Å²) >= 11 is 0. The van der Waals surface area contributed by atoms with Crippen LogP contribution in [0.25, 0.3) is 0 Å². The molecule has 0 saturated carbocycles. The highest BCUT2D eigenvalue weighted by Crippen LogP contribution is 2.21. The van der Waals surface area contributed by atoms with E-state index in [0.717, 1.165) is 0 Å². The van der Waals surface area contributed by atoms with E-state index in [-0.39, 0.29) is 23.7 Å². The fourth-order valence-electron chi connectivity index (χ4n) is 0.732. The van der Waals surface area contributed by atoms with Gasteiger partial charge in [0.1, 0.15) is 5.78 Å². The second kappa shape index (κ2) is 3.86. The van der Waals surface area contributed by atoms with Crippen LogP contribution in [-0.2, 0) is 4.79 Å². The molecule has 0 aliphatic rings. The molecule has 0 aromatic rings. The Morgan fingerprint density at radius 3 is 2.18 bits per heavy atom. The van der Waals surface area contributed by atoms with Crippen LogP contribution in [0.2, 0.25) is 0 Å². The first kappa shape index (κ1) is 10.6. The molecule has 0 aliphatic carbocycles. The van der Waals surface area contributed by atoms with Crippen molar-refractivity contribution in [1.82, 2.24) is 0 Å². The van der Waals surface area contributed by atoms with Crippen molar-refractivity contribution in [3.8, 4) is 0 Å². The number of aliphatic hydroxyl groups excluding tert-OH is 1. The molecule has 0 spiro atoms. The van der Waals surface area contributed by atoms with Crippen molar-refractivity contribution in [1.29, 1.82) is 0 Å². The Morgan fingerprint density at radius 2 is 1.91 bits per heavy atom. The normalized spacial score (nSPS) is 12.2. The van der Waals surface area contributed by atoms with E-state index in [1.807, 2.05) is 27.7 Å². The SMILES string of the molecule is CC(C)C(=O)CC(C)(C)CO. The van der Waals surface area contributed by atoms with Gasteiger partial charge >= 0.3 is 0 Å². The van der Waals surface area contributed by atoms with Gasteiger partial charge in [-0.25, -0.2) is 0 Å². The number of carbonyl (C=O) groups excluding carboxylic acids is 1. The Hall–Kier alpha value is -0.370. The first-order chi connectivity index (χ1) is 4.89. The Kier molecular flexibility index (Phi) is 3.73. The zero-order chi connectivity index (χ0) is 9.07. The third kappa shape index (κ3) is 4.14. The molecule has 0 aliphatic heterocycles. The van der Waals surface area contributed by atoms with Crippen LogP contribution < -0.4 is 0 Å². The van der Waals surface area contributed by atoms with E-state index >= 15 is 0 Å². The monoisotopic (exact) mass is 158 g/mol. The van der Waals surface area contributed by atoms with Crippen molar-refractivity contribution < 1.29 is 9.90 Å². The van der Waals surface area contributed by atoms with Gasteiger partial charge in [0.15, 0.2) is 0 Å². The number of aliphatic hydroxyl groups is 1. The topological polar surface area (TPSA) is 37.3 Å². The Bertz CT molecular complexity index is 136. The lowest BCUT2D eigenvalue weighted by Crippen LogP contribution is -2.23. The molecule has 0 amide bonds. The highest BCUT2D eigenvalue weighted by molar-refractivity contribution is 5.80. The van der Waals surface area contributed by atoms with E-state index in [1.165, 1.54) is 0 Å². The minimum atomic E-state index is -0.249. The molecule has 2 nitrogen and oxygen atoms in total. The molecular formula is C9H18O2. The molecule has 0 bridgehead atoms. The molecule has 0 unspecified atom stereocenters. The lowest BCUT2D eigenvalue weighted by Gasteiger charge is -2.21. The number of hydrogen-bond donors (Lipinski definition) is 1. The van der Waals surface area contributed by atoms with Crippen molar-refractivity contribution in [2.45, 2.75) is 34.1 Å². The summed E-state index contributed by atoms with van der Waals surface area (Å²) in [5, 5.41) is 8.87. The Labute approximate surface area is 68.6 Å². The van der Waals surface area contributed by atoms with E-state index < -0.39 is 0 Å². The number of ketones is 1. The second-order valence-electron chi connectivity index (χ2n) is 4.12. The number of hydrogen-bond acceptors (Lipinski definition) is 2. The lowest BCUT2D eigenvalue weighted by molar-refractivity contribution is -0.124. The van der Waals surface area contributed by atoms with Gasteiger partial charge in [-0.2, -0.15) is 0 Å². The standard InChI is InChI=1S/C9H18O2/c1-7(2)8(11)5-9(3,4)6-10/h7,10H,5-6H2,1-4H3. The van der Waals surface area contributed by atoms with Gasteiger partial charge in [0.25, 0.3) is 0 Å². The molecule has 0 fully saturated rings. The number of carbonyl (C=O) groups is 1. The summed E-state index contributed by atoms with van der Waals surface area (Å²) in [4.78, 5) is 11.2. The molecule has 0 atom stereocenters. The van der Waals surface area contributed by atoms with Gasteiger partial charge in [0.05, 0.1) is 0 Å². The van der Waals surface area contributed by atoms with Crippen molar-refractivity contribution in [3.63, 3.8) is 0 Å².